The van der Waals surface area contributed by atoms with Crippen molar-refractivity contribution in [1.82, 2.24) is 15.2 Å². The van der Waals surface area contributed by atoms with Gasteiger partial charge >= 0.3 is 5.97 Å². The molecule has 1 aliphatic heterocycles. The minimum Gasteiger partial charge on any atom is -0.469 e. The fourth-order valence-electron chi connectivity index (χ4n) is 1.63. The highest BCUT2D eigenvalue weighted by atomic mass is 32.1. The smallest absolute Gasteiger partial charge is 0.311 e. The van der Waals surface area contributed by atoms with Crippen LogP contribution in [0.1, 0.15) is 6.42 Å². The molecule has 0 spiro atoms. The summed E-state index contributed by atoms with van der Waals surface area (Å²) in [4.78, 5) is 28.2. The molecular weight excluding hydrogens is 232 g/mol. The molecule has 1 amide bonds. The van der Waals surface area contributed by atoms with E-state index in [-0.39, 0.29) is 29.6 Å². The molecule has 1 aliphatic rings. The van der Waals surface area contributed by atoms with Gasteiger partial charge in [-0.1, -0.05) is 0 Å². The van der Waals surface area contributed by atoms with Gasteiger partial charge in [-0.3, -0.25) is 24.7 Å². The summed E-state index contributed by atoms with van der Waals surface area (Å²) < 4.78 is 4.86. The summed E-state index contributed by atoms with van der Waals surface area (Å²) >= 11 is 4.78. The van der Waals surface area contributed by atoms with Gasteiger partial charge in [0, 0.05) is 13.0 Å². The van der Waals surface area contributed by atoms with E-state index in [4.69, 9.17) is 12.2 Å². The number of rotatable bonds is 2. The second kappa shape index (κ2) is 4.05. The number of carbonyl (C=O) groups is 2. The standard InChI is InChI=1S/C8H10N4O3S/c1-15-6(14)4-2-5(13)12(3-4)7-9-8(16)11-10-7/h4H,2-3H2,1H3,(H2,9,10,11,16). The topological polar surface area (TPSA) is 91.1 Å². The first-order valence-corrected chi connectivity index (χ1v) is 5.05. The van der Waals surface area contributed by atoms with E-state index in [0.717, 1.165) is 0 Å². The van der Waals surface area contributed by atoms with Crippen LogP contribution in [-0.2, 0) is 14.3 Å². The van der Waals surface area contributed by atoms with E-state index in [0.29, 0.717) is 5.95 Å². The van der Waals surface area contributed by atoms with Crippen LogP contribution >= 0.6 is 12.2 Å². The Kier molecular flexibility index (Phi) is 2.73. The fourth-order valence-corrected chi connectivity index (χ4v) is 1.76. The number of hydrogen-bond donors (Lipinski definition) is 2. The molecule has 1 aromatic heterocycles. The highest BCUT2D eigenvalue weighted by Crippen LogP contribution is 2.22. The number of amides is 1. The summed E-state index contributed by atoms with van der Waals surface area (Å²) in [6.07, 6.45) is 0.139. The number of H-pyrrole nitrogens is 2. The van der Waals surface area contributed by atoms with Crippen LogP contribution in [0.5, 0.6) is 0 Å². The van der Waals surface area contributed by atoms with Crippen LogP contribution in [0.4, 0.5) is 5.95 Å². The number of methoxy groups -OCH3 is 1. The molecule has 2 rings (SSSR count). The van der Waals surface area contributed by atoms with E-state index in [1.54, 1.807) is 0 Å². The van der Waals surface area contributed by atoms with Crippen LogP contribution in [0.2, 0.25) is 0 Å². The number of ether oxygens (including phenoxy) is 1. The van der Waals surface area contributed by atoms with Gasteiger partial charge in [0.05, 0.1) is 13.0 Å². The van der Waals surface area contributed by atoms with Crippen LogP contribution < -0.4 is 4.90 Å². The zero-order valence-electron chi connectivity index (χ0n) is 8.52. The predicted molar refractivity (Wildman–Crippen MR) is 56.2 cm³/mol. The largest absolute Gasteiger partial charge is 0.469 e. The molecule has 0 saturated carbocycles. The van der Waals surface area contributed by atoms with E-state index < -0.39 is 5.92 Å². The first-order chi connectivity index (χ1) is 7.61. The Labute approximate surface area is 95.8 Å². The Hall–Kier alpha value is -1.70. The number of hydrogen-bond acceptors (Lipinski definition) is 5. The summed E-state index contributed by atoms with van der Waals surface area (Å²) in [5.41, 5.74) is 0. The molecule has 1 aromatic rings. The minimum absolute atomic E-state index is 0.139. The molecule has 8 heteroatoms. The first kappa shape index (κ1) is 10.8. The lowest BCUT2D eigenvalue weighted by atomic mass is 10.1. The maximum atomic E-state index is 11.6. The molecule has 0 aromatic carbocycles. The van der Waals surface area contributed by atoms with Crippen LogP contribution in [0.15, 0.2) is 0 Å². The van der Waals surface area contributed by atoms with E-state index in [2.05, 4.69) is 19.9 Å². The molecule has 2 heterocycles. The molecule has 0 radical (unpaired) electrons. The van der Waals surface area contributed by atoms with Gasteiger partial charge in [-0.05, 0) is 12.2 Å². The van der Waals surface area contributed by atoms with E-state index in [9.17, 15) is 9.59 Å². The Morgan fingerprint density at radius 2 is 2.38 bits per heavy atom. The maximum absolute atomic E-state index is 11.6. The van der Waals surface area contributed by atoms with Crippen molar-refractivity contribution in [2.45, 2.75) is 6.42 Å². The lowest BCUT2D eigenvalue weighted by Crippen LogP contribution is -2.27. The van der Waals surface area contributed by atoms with Crippen LogP contribution in [0.3, 0.4) is 0 Å². The molecular formula is C8H10N4O3S. The van der Waals surface area contributed by atoms with E-state index in [1.807, 2.05) is 0 Å². The van der Waals surface area contributed by atoms with Gasteiger partial charge in [-0.25, -0.2) is 0 Å². The summed E-state index contributed by atoms with van der Waals surface area (Å²) in [5, 5.41) is 5.26. The average Bonchev–Trinajstić information content (AvgIpc) is 2.83. The predicted octanol–water partition coefficient (Wildman–Crippen LogP) is -0.00681. The van der Waals surface area contributed by atoms with Gasteiger partial charge in [0.25, 0.3) is 0 Å². The zero-order chi connectivity index (χ0) is 11.7. The summed E-state index contributed by atoms with van der Waals surface area (Å²) in [6, 6.07) is 0. The molecule has 1 fully saturated rings. The quantitative estimate of drug-likeness (QED) is 0.562. The number of nitrogens with one attached hydrogen (secondary N) is 2. The first-order valence-electron chi connectivity index (χ1n) is 4.64. The van der Waals surface area contributed by atoms with Crippen LogP contribution in [0.25, 0.3) is 0 Å². The second-order valence-electron chi connectivity index (χ2n) is 3.42. The minimum atomic E-state index is -0.434. The number of aromatic amines is 2. The van der Waals surface area contributed by atoms with Crippen molar-refractivity contribution < 1.29 is 14.3 Å². The van der Waals surface area contributed by atoms with Gasteiger partial charge in [0.1, 0.15) is 0 Å². The third-order valence-corrected chi connectivity index (χ3v) is 2.60. The van der Waals surface area contributed by atoms with Crippen molar-refractivity contribution in [3.05, 3.63) is 4.77 Å². The van der Waals surface area contributed by atoms with Crippen molar-refractivity contribution in [2.75, 3.05) is 18.6 Å². The highest BCUT2D eigenvalue weighted by molar-refractivity contribution is 7.71. The lowest BCUT2D eigenvalue weighted by Gasteiger charge is -2.11. The van der Waals surface area contributed by atoms with Gasteiger partial charge in [-0.15, -0.1) is 0 Å². The molecule has 1 saturated heterocycles. The van der Waals surface area contributed by atoms with Gasteiger partial charge in [0.2, 0.25) is 16.6 Å². The van der Waals surface area contributed by atoms with Gasteiger partial charge in [-0.2, -0.15) is 4.98 Å². The Morgan fingerprint density at radius 1 is 1.62 bits per heavy atom. The summed E-state index contributed by atoms with van der Waals surface area (Å²) in [7, 11) is 1.30. The second-order valence-corrected chi connectivity index (χ2v) is 3.81. The van der Waals surface area contributed by atoms with Crippen molar-refractivity contribution in [2.24, 2.45) is 5.92 Å². The number of carbonyl (C=O) groups excluding carboxylic acids is 2. The molecule has 0 aliphatic carbocycles. The molecule has 1 unspecified atom stereocenters. The molecule has 1 atom stereocenters. The number of anilines is 1. The maximum Gasteiger partial charge on any atom is 0.311 e. The Morgan fingerprint density at radius 3 is 2.94 bits per heavy atom. The van der Waals surface area contributed by atoms with E-state index >= 15 is 0 Å². The lowest BCUT2D eigenvalue weighted by molar-refractivity contribution is -0.145. The SMILES string of the molecule is COC(=O)C1CC(=O)N(c2nc(=S)[nH][nH]2)C1. The van der Waals surface area contributed by atoms with Crippen molar-refractivity contribution >= 4 is 30.0 Å². The number of nitrogens with zero attached hydrogens (tertiary/aromatic N) is 2. The summed E-state index contributed by atoms with van der Waals surface area (Å²) in [6.45, 7) is 0.266. The van der Waals surface area contributed by atoms with Gasteiger partial charge in [0.15, 0.2) is 0 Å². The third-order valence-electron chi connectivity index (χ3n) is 2.40. The Bertz CT molecular complexity index is 480. The van der Waals surface area contributed by atoms with Crippen molar-refractivity contribution in [1.29, 1.82) is 0 Å². The van der Waals surface area contributed by atoms with Gasteiger partial charge < -0.3 is 4.74 Å². The summed E-state index contributed by atoms with van der Waals surface area (Å²) in [5.74, 6) is -0.657. The molecule has 7 nitrogen and oxygen atoms in total. The van der Waals surface area contributed by atoms with Crippen LogP contribution in [-0.4, -0.2) is 40.7 Å². The van der Waals surface area contributed by atoms with Crippen molar-refractivity contribution in [3.63, 3.8) is 0 Å². The molecule has 86 valence electrons. The third kappa shape index (κ3) is 1.83. The average molecular weight is 242 g/mol. The van der Waals surface area contributed by atoms with Crippen LogP contribution in [0, 0.1) is 10.7 Å². The Balaban J connectivity index is 2.17. The fraction of sp³-hybridized carbons (Fsp3) is 0.500. The van der Waals surface area contributed by atoms with E-state index in [1.165, 1.54) is 12.0 Å². The van der Waals surface area contributed by atoms with Crippen molar-refractivity contribution in [3.8, 4) is 0 Å². The molecule has 16 heavy (non-hydrogen) atoms. The molecule has 0 bridgehead atoms. The monoisotopic (exact) mass is 242 g/mol. The normalized spacial score (nSPS) is 20.2. The molecule has 2 N–H and O–H groups in total. The zero-order valence-corrected chi connectivity index (χ0v) is 9.34. The highest BCUT2D eigenvalue weighted by Gasteiger charge is 2.36. The number of aromatic nitrogens is 3. The number of esters is 1.